The monoisotopic (exact) mass is 276 g/mol. The Hall–Kier alpha value is -1.65. The van der Waals surface area contributed by atoms with E-state index in [2.05, 4.69) is 27.5 Å². The second kappa shape index (κ2) is 7.22. The second-order valence-corrected chi connectivity index (χ2v) is 5.72. The zero-order chi connectivity index (χ0) is 14.4. The summed E-state index contributed by atoms with van der Waals surface area (Å²) in [6, 6.07) is 0. The Labute approximate surface area is 120 Å². The molecule has 1 fully saturated rings. The molecule has 2 rings (SSSR count). The largest absolute Gasteiger partial charge is 0.372 e. The molecule has 0 radical (unpaired) electrons. The number of anilines is 1. The van der Waals surface area contributed by atoms with Crippen molar-refractivity contribution in [3.63, 3.8) is 0 Å². The molecular weight excluding hydrogens is 252 g/mol. The van der Waals surface area contributed by atoms with E-state index in [1.807, 2.05) is 0 Å². The van der Waals surface area contributed by atoms with Crippen molar-refractivity contribution in [2.24, 2.45) is 11.8 Å². The first-order chi connectivity index (χ1) is 9.69. The minimum Gasteiger partial charge on any atom is -0.372 e. The SMILES string of the molecule is CNc1cncc(C(=O)NCCC2CCCC(C)C2)n1. The standard InChI is InChI=1S/C15H24N4O/c1-11-4-3-5-12(8-11)6-7-18-15(20)13-9-17-10-14(16-2)19-13/h9-12H,3-8H2,1-2H3,(H,16,19)(H,18,20). The topological polar surface area (TPSA) is 66.9 Å². The Morgan fingerprint density at radius 1 is 1.40 bits per heavy atom. The van der Waals surface area contributed by atoms with Crippen LogP contribution in [0.2, 0.25) is 0 Å². The summed E-state index contributed by atoms with van der Waals surface area (Å²) in [7, 11) is 1.76. The Balaban J connectivity index is 1.77. The molecule has 1 aromatic heterocycles. The van der Waals surface area contributed by atoms with Crippen LogP contribution in [0.5, 0.6) is 0 Å². The van der Waals surface area contributed by atoms with Crippen molar-refractivity contribution in [2.45, 2.75) is 39.0 Å². The number of nitrogens with one attached hydrogen (secondary N) is 2. The van der Waals surface area contributed by atoms with Crippen molar-refractivity contribution in [3.05, 3.63) is 18.1 Å². The van der Waals surface area contributed by atoms with Gasteiger partial charge in [-0.05, 0) is 24.7 Å². The number of rotatable bonds is 5. The molecule has 1 aromatic rings. The lowest BCUT2D eigenvalue weighted by molar-refractivity contribution is 0.0944. The fourth-order valence-electron chi connectivity index (χ4n) is 2.90. The summed E-state index contributed by atoms with van der Waals surface area (Å²) in [4.78, 5) is 20.2. The third-order valence-corrected chi connectivity index (χ3v) is 4.01. The Morgan fingerprint density at radius 2 is 2.25 bits per heavy atom. The summed E-state index contributed by atoms with van der Waals surface area (Å²) in [5, 5.41) is 5.82. The summed E-state index contributed by atoms with van der Waals surface area (Å²) in [6.45, 7) is 3.05. The minimum absolute atomic E-state index is 0.140. The number of hydrogen-bond donors (Lipinski definition) is 2. The van der Waals surface area contributed by atoms with Crippen LogP contribution in [0.25, 0.3) is 0 Å². The summed E-state index contributed by atoms with van der Waals surface area (Å²) in [6.07, 6.45) is 9.44. The fourth-order valence-corrected chi connectivity index (χ4v) is 2.90. The molecule has 0 spiro atoms. The van der Waals surface area contributed by atoms with Gasteiger partial charge in [-0.2, -0.15) is 0 Å². The molecule has 1 aliphatic rings. The van der Waals surface area contributed by atoms with Crippen LogP contribution >= 0.6 is 0 Å². The molecule has 5 nitrogen and oxygen atoms in total. The van der Waals surface area contributed by atoms with Crippen LogP contribution in [0, 0.1) is 11.8 Å². The summed E-state index contributed by atoms with van der Waals surface area (Å²) >= 11 is 0. The van der Waals surface area contributed by atoms with Crippen LogP contribution in [-0.4, -0.2) is 29.5 Å². The average molecular weight is 276 g/mol. The number of nitrogens with zero attached hydrogens (tertiary/aromatic N) is 2. The fraction of sp³-hybridized carbons (Fsp3) is 0.667. The lowest BCUT2D eigenvalue weighted by Crippen LogP contribution is -2.28. The predicted octanol–water partition coefficient (Wildman–Crippen LogP) is 2.46. The van der Waals surface area contributed by atoms with Crippen LogP contribution < -0.4 is 10.6 Å². The lowest BCUT2D eigenvalue weighted by atomic mass is 9.81. The van der Waals surface area contributed by atoms with Crippen LogP contribution in [0.1, 0.15) is 49.5 Å². The van der Waals surface area contributed by atoms with Gasteiger partial charge in [0.1, 0.15) is 11.5 Å². The maximum Gasteiger partial charge on any atom is 0.271 e. The number of aromatic nitrogens is 2. The highest BCUT2D eigenvalue weighted by molar-refractivity contribution is 5.92. The Morgan fingerprint density at radius 3 is 3.00 bits per heavy atom. The van der Waals surface area contributed by atoms with Crippen molar-refractivity contribution < 1.29 is 4.79 Å². The molecule has 1 amide bonds. The van der Waals surface area contributed by atoms with E-state index in [4.69, 9.17) is 0 Å². The van der Waals surface area contributed by atoms with Gasteiger partial charge in [-0.3, -0.25) is 9.78 Å². The summed E-state index contributed by atoms with van der Waals surface area (Å²) in [5.74, 6) is 2.06. The van der Waals surface area contributed by atoms with Gasteiger partial charge in [-0.1, -0.05) is 26.2 Å². The van der Waals surface area contributed by atoms with E-state index < -0.39 is 0 Å². The van der Waals surface area contributed by atoms with E-state index in [9.17, 15) is 4.79 Å². The average Bonchev–Trinajstić information content (AvgIpc) is 2.47. The van der Waals surface area contributed by atoms with Crippen LogP contribution in [0.15, 0.2) is 12.4 Å². The van der Waals surface area contributed by atoms with Crippen molar-refractivity contribution in [2.75, 3.05) is 18.9 Å². The molecule has 110 valence electrons. The highest BCUT2D eigenvalue weighted by Crippen LogP contribution is 2.30. The van der Waals surface area contributed by atoms with E-state index in [-0.39, 0.29) is 5.91 Å². The van der Waals surface area contributed by atoms with Gasteiger partial charge in [0, 0.05) is 13.6 Å². The van der Waals surface area contributed by atoms with Gasteiger partial charge in [0.25, 0.3) is 5.91 Å². The molecule has 2 N–H and O–H groups in total. The van der Waals surface area contributed by atoms with E-state index in [0.29, 0.717) is 11.5 Å². The molecule has 0 aromatic carbocycles. The first kappa shape index (κ1) is 14.8. The van der Waals surface area contributed by atoms with E-state index in [0.717, 1.165) is 24.8 Å². The van der Waals surface area contributed by atoms with Crippen molar-refractivity contribution in [3.8, 4) is 0 Å². The quantitative estimate of drug-likeness (QED) is 0.867. The highest BCUT2D eigenvalue weighted by atomic mass is 16.1. The highest BCUT2D eigenvalue weighted by Gasteiger charge is 2.18. The molecule has 1 aliphatic carbocycles. The second-order valence-electron chi connectivity index (χ2n) is 5.72. The molecule has 2 unspecified atom stereocenters. The first-order valence-corrected chi connectivity index (χ1v) is 7.47. The Kier molecular flexibility index (Phi) is 5.32. The zero-order valence-electron chi connectivity index (χ0n) is 12.4. The molecule has 0 aliphatic heterocycles. The first-order valence-electron chi connectivity index (χ1n) is 7.47. The van der Waals surface area contributed by atoms with Gasteiger partial charge in [0.15, 0.2) is 0 Å². The normalized spacial score (nSPS) is 22.3. The van der Waals surface area contributed by atoms with E-state index in [1.165, 1.54) is 31.9 Å². The minimum atomic E-state index is -0.140. The number of carbonyl (C=O) groups is 1. The molecule has 1 saturated carbocycles. The summed E-state index contributed by atoms with van der Waals surface area (Å²) < 4.78 is 0. The molecule has 1 heterocycles. The summed E-state index contributed by atoms with van der Waals surface area (Å²) in [5.41, 5.74) is 0.369. The molecule has 0 saturated heterocycles. The van der Waals surface area contributed by atoms with Crippen molar-refractivity contribution >= 4 is 11.7 Å². The zero-order valence-corrected chi connectivity index (χ0v) is 12.4. The van der Waals surface area contributed by atoms with Crippen LogP contribution in [0.3, 0.4) is 0 Å². The predicted molar refractivity (Wildman–Crippen MR) is 79.7 cm³/mol. The van der Waals surface area contributed by atoms with Gasteiger partial charge >= 0.3 is 0 Å². The lowest BCUT2D eigenvalue weighted by Gasteiger charge is -2.26. The van der Waals surface area contributed by atoms with E-state index >= 15 is 0 Å². The third-order valence-electron chi connectivity index (χ3n) is 4.01. The third kappa shape index (κ3) is 4.18. The number of hydrogen-bond acceptors (Lipinski definition) is 4. The van der Waals surface area contributed by atoms with Crippen molar-refractivity contribution in [1.29, 1.82) is 0 Å². The molecular formula is C15H24N4O. The Bertz CT molecular complexity index is 449. The van der Waals surface area contributed by atoms with Gasteiger partial charge < -0.3 is 10.6 Å². The van der Waals surface area contributed by atoms with Crippen LogP contribution in [-0.2, 0) is 0 Å². The van der Waals surface area contributed by atoms with Gasteiger partial charge in [0.05, 0.1) is 12.4 Å². The van der Waals surface area contributed by atoms with Crippen LogP contribution in [0.4, 0.5) is 5.82 Å². The number of amides is 1. The number of carbonyl (C=O) groups excluding carboxylic acids is 1. The van der Waals surface area contributed by atoms with E-state index in [1.54, 1.807) is 13.2 Å². The smallest absolute Gasteiger partial charge is 0.271 e. The molecule has 2 atom stereocenters. The molecule has 20 heavy (non-hydrogen) atoms. The van der Waals surface area contributed by atoms with Gasteiger partial charge in [-0.15, -0.1) is 0 Å². The van der Waals surface area contributed by atoms with Gasteiger partial charge in [0.2, 0.25) is 0 Å². The van der Waals surface area contributed by atoms with Crippen molar-refractivity contribution in [1.82, 2.24) is 15.3 Å². The molecule has 5 heteroatoms. The van der Waals surface area contributed by atoms with Gasteiger partial charge in [-0.25, -0.2) is 4.98 Å². The maximum atomic E-state index is 12.0. The molecule has 0 bridgehead atoms. The maximum absolute atomic E-state index is 12.0.